The van der Waals surface area contributed by atoms with Crippen molar-refractivity contribution in [1.29, 1.82) is 0 Å². The van der Waals surface area contributed by atoms with Gasteiger partial charge in [0.05, 0.1) is 35.7 Å². The number of carbonyl (C=O) groups excluding carboxylic acids is 3. The predicted molar refractivity (Wildman–Crippen MR) is 154 cm³/mol. The molecule has 226 valence electrons. The van der Waals surface area contributed by atoms with Crippen molar-refractivity contribution in [2.45, 2.75) is 24.1 Å². The lowest BCUT2D eigenvalue weighted by Crippen LogP contribution is -2.41. The summed E-state index contributed by atoms with van der Waals surface area (Å²) in [6, 6.07) is 9.15. The van der Waals surface area contributed by atoms with E-state index in [1.165, 1.54) is 26.4 Å². The van der Waals surface area contributed by atoms with Gasteiger partial charge in [0.2, 0.25) is 11.8 Å². The number of thiazole rings is 1. The molecule has 3 amide bonds. The molecule has 1 heterocycles. The summed E-state index contributed by atoms with van der Waals surface area (Å²) in [5.74, 6) is -2.38. The van der Waals surface area contributed by atoms with Crippen LogP contribution in [0.1, 0.15) is 23.1 Å². The molecular weight excluding hydrogens is 591 g/mol. The van der Waals surface area contributed by atoms with Crippen molar-refractivity contribution in [3.8, 4) is 11.1 Å². The molecule has 0 aliphatic heterocycles. The Bertz CT molecular complexity index is 1540. The van der Waals surface area contributed by atoms with Gasteiger partial charge in [0.25, 0.3) is 0 Å². The highest BCUT2D eigenvalue weighted by atomic mass is 32.2. The van der Waals surface area contributed by atoms with E-state index in [2.05, 4.69) is 20.9 Å². The zero-order valence-corrected chi connectivity index (χ0v) is 24.6. The van der Waals surface area contributed by atoms with E-state index in [4.69, 9.17) is 14.2 Å². The molecular formula is C27H31FN4O8S2. The molecule has 0 radical (unpaired) electrons. The highest BCUT2D eigenvalue weighted by molar-refractivity contribution is 7.92. The van der Waals surface area contributed by atoms with Crippen LogP contribution in [-0.4, -0.2) is 83.7 Å². The second-order valence-electron chi connectivity index (χ2n) is 9.48. The molecule has 15 heteroatoms. The average molecular weight is 623 g/mol. The summed E-state index contributed by atoms with van der Waals surface area (Å²) in [6.45, 7) is -0.178. The highest BCUT2D eigenvalue weighted by Gasteiger charge is 2.37. The van der Waals surface area contributed by atoms with Crippen LogP contribution in [0.5, 0.6) is 0 Å². The fourth-order valence-corrected chi connectivity index (χ4v) is 6.87. The number of hydrogen-bond acceptors (Lipinski definition) is 10. The van der Waals surface area contributed by atoms with Crippen LogP contribution in [-0.2, 0) is 33.6 Å². The van der Waals surface area contributed by atoms with Crippen LogP contribution < -0.4 is 16.0 Å². The Morgan fingerprint density at radius 1 is 1.07 bits per heavy atom. The van der Waals surface area contributed by atoms with Crippen LogP contribution in [0.15, 0.2) is 36.4 Å². The van der Waals surface area contributed by atoms with E-state index in [9.17, 15) is 22.8 Å². The maximum absolute atomic E-state index is 15.2. The molecule has 0 spiro atoms. The SMILES string of the molecule is COCCOC(=O)Nc1ccc(-c2cc3sc(C(C(=O)NCC(=O)NC4CC4)S(=O)(=O)CCOC)nc3cc2F)cc1. The van der Waals surface area contributed by atoms with Crippen LogP contribution in [0, 0.1) is 5.82 Å². The number of halogens is 1. The third kappa shape index (κ3) is 8.21. The number of benzene rings is 2. The van der Waals surface area contributed by atoms with E-state index < -0.39 is 44.6 Å². The van der Waals surface area contributed by atoms with Gasteiger partial charge in [-0.3, -0.25) is 14.9 Å². The Kier molecular flexibility index (Phi) is 10.4. The monoisotopic (exact) mass is 622 g/mol. The fraction of sp³-hybridized carbons (Fsp3) is 0.407. The Hall–Kier alpha value is -3.66. The van der Waals surface area contributed by atoms with Crippen LogP contribution >= 0.6 is 11.3 Å². The maximum Gasteiger partial charge on any atom is 0.411 e. The van der Waals surface area contributed by atoms with Crippen molar-refractivity contribution >= 4 is 55.0 Å². The van der Waals surface area contributed by atoms with Crippen molar-refractivity contribution in [1.82, 2.24) is 15.6 Å². The van der Waals surface area contributed by atoms with Crippen LogP contribution in [0.3, 0.4) is 0 Å². The smallest absolute Gasteiger partial charge is 0.411 e. The molecule has 12 nitrogen and oxygen atoms in total. The molecule has 1 aliphatic carbocycles. The topological polar surface area (TPSA) is 162 Å². The number of amides is 3. The van der Waals surface area contributed by atoms with Crippen molar-refractivity contribution < 1.29 is 41.4 Å². The molecule has 0 bridgehead atoms. The van der Waals surface area contributed by atoms with E-state index in [1.807, 2.05) is 0 Å². The third-order valence-electron chi connectivity index (χ3n) is 6.22. The zero-order valence-electron chi connectivity index (χ0n) is 23.0. The van der Waals surface area contributed by atoms with Gasteiger partial charge in [-0.25, -0.2) is 22.6 Å². The van der Waals surface area contributed by atoms with Gasteiger partial charge in [-0.1, -0.05) is 12.1 Å². The number of fused-ring (bicyclic) bond motifs is 1. The lowest BCUT2D eigenvalue weighted by Gasteiger charge is -2.15. The van der Waals surface area contributed by atoms with Gasteiger partial charge in [-0.2, -0.15) is 0 Å². The van der Waals surface area contributed by atoms with Gasteiger partial charge in [-0.05, 0) is 36.6 Å². The highest BCUT2D eigenvalue weighted by Crippen LogP contribution is 2.35. The summed E-state index contributed by atoms with van der Waals surface area (Å²) >= 11 is 0.945. The number of rotatable bonds is 14. The molecule has 1 unspecified atom stereocenters. The standard InChI is InChI=1S/C27H31FN4O8S2/c1-38-9-10-40-27(35)31-18-5-3-16(4-6-18)19-13-22-21(14-20(19)28)32-26(41-22)24(42(36,37)12-11-39-2)25(34)29-15-23(33)30-17-7-8-17/h3-6,13-14,17,24H,7-12,15H2,1-2H3,(H,29,34)(H,30,33)(H,31,35). The number of anilines is 1. The minimum Gasteiger partial charge on any atom is -0.447 e. The molecule has 2 aromatic carbocycles. The molecule has 4 rings (SSSR count). The van der Waals surface area contributed by atoms with E-state index in [0.29, 0.717) is 16.0 Å². The maximum atomic E-state index is 15.2. The molecule has 0 saturated heterocycles. The van der Waals surface area contributed by atoms with Gasteiger partial charge >= 0.3 is 6.09 Å². The lowest BCUT2D eigenvalue weighted by atomic mass is 10.0. The molecule has 1 fully saturated rings. The molecule has 42 heavy (non-hydrogen) atoms. The van der Waals surface area contributed by atoms with E-state index in [-0.39, 0.29) is 48.5 Å². The quantitative estimate of drug-likeness (QED) is 0.230. The first-order valence-corrected chi connectivity index (χ1v) is 15.5. The van der Waals surface area contributed by atoms with Crippen LogP contribution in [0.4, 0.5) is 14.9 Å². The summed E-state index contributed by atoms with van der Waals surface area (Å²) in [5, 5.41) is 5.92. The molecule has 1 aromatic heterocycles. The van der Waals surface area contributed by atoms with Gasteiger partial charge in [0.15, 0.2) is 15.1 Å². The van der Waals surface area contributed by atoms with Crippen LogP contribution in [0.2, 0.25) is 0 Å². The van der Waals surface area contributed by atoms with Crippen LogP contribution in [0.25, 0.3) is 21.3 Å². The molecule has 1 atom stereocenters. The minimum absolute atomic E-state index is 0.0516. The van der Waals surface area contributed by atoms with Crippen molar-refractivity contribution in [2.75, 3.05) is 51.7 Å². The van der Waals surface area contributed by atoms with Crippen molar-refractivity contribution in [3.63, 3.8) is 0 Å². The number of carbonyl (C=O) groups is 3. The number of aromatic nitrogens is 1. The largest absolute Gasteiger partial charge is 0.447 e. The molecule has 1 aliphatic rings. The predicted octanol–water partition coefficient (Wildman–Crippen LogP) is 2.79. The van der Waals surface area contributed by atoms with E-state index in [1.54, 1.807) is 24.3 Å². The first kappa shape index (κ1) is 31.3. The number of methoxy groups -OCH3 is 2. The number of nitrogens with zero attached hydrogens (tertiary/aromatic N) is 1. The fourth-order valence-electron chi connectivity index (χ4n) is 3.92. The minimum atomic E-state index is -4.10. The van der Waals surface area contributed by atoms with Gasteiger partial charge < -0.3 is 24.8 Å². The third-order valence-corrected chi connectivity index (χ3v) is 9.34. The normalized spacial score (nSPS) is 13.9. The summed E-state index contributed by atoms with van der Waals surface area (Å²) in [6.07, 6.45) is 1.07. The zero-order chi connectivity index (χ0) is 30.3. The summed E-state index contributed by atoms with van der Waals surface area (Å²) < 4.78 is 56.7. The second kappa shape index (κ2) is 14.0. The van der Waals surface area contributed by atoms with Gasteiger partial charge in [0.1, 0.15) is 17.4 Å². The average Bonchev–Trinajstić information content (AvgIpc) is 3.67. The van der Waals surface area contributed by atoms with E-state index in [0.717, 1.165) is 24.2 Å². The number of hydrogen-bond donors (Lipinski definition) is 3. The molecule has 3 N–H and O–H groups in total. The first-order chi connectivity index (χ1) is 20.1. The Balaban J connectivity index is 1.56. The first-order valence-electron chi connectivity index (χ1n) is 13.0. The van der Waals surface area contributed by atoms with Gasteiger partial charge in [0, 0.05) is 37.6 Å². The second-order valence-corrected chi connectivity index (χ2v) is 12.7. The Morgan fingerprint density at radius 2 is 1.79 bits per heavy atom. The summed E-state index contributed by atoms with van der Waals surface area (Å²) in [4.78, 5) is 41.3. The van der Waals surface area contributed by atoms with Crippen molar-refractivity contribution in [2.24, 2.45) is 0 Å². The lowest BCUT2D eigenvalue weighted by molar-refractivity contribution is -0.126. The number of nitrogens with one attached hydrogen (secondary N) is 3. The Labute approximate surface area is 245 Å². The molecule has 3 aromatic rings. The van der Waals surface area contributed by atoms with Crippen molar-refractivity contribution in [3.05, 3.63) is 47.2 Å². The number of ether oxygens (including phenoxy) is 3. The Morgan fingerprint density at radius 3 is 2.45 bits per heavy atom. The summed E-state index contributed by atoms with van der Waals surface area (Å²) in [7, 11) is -1.28. The molecule has 1 saturated carbocycles. The van der Waals surface area contributed by atoms with Gasteiger partial charge in [-0.15, -0.1) is 11.3 Å². The van der Waals surface area contributed by atoms with E-state index >= 15 is 4.39 Å². The summed E-state index contributed by atoms with van der Waals surface area (Å²) in [5.41, 5.74) is 1.32. The number of sulfone groups is 1.